The number of carbonyl (C=O) groups excluding carboxylic acids is 1. The number of pyridine rings is 1. The lowest BCUT2D eigenvalue weighted by atomic mass is 9.82. The second-order valence-corrected chi connectivity index (χ2v) is 6.69. The molecule has 0 saturated carbocycles. The highest BCUT2D eigenvalue weighted by Gasteiger charge is 2.29. The average molecular weight is 325 g/mol. The molecule has 25 heavy (non-hydrogen) atoms. The highest BCUT2D eigenvalue weighted by molar-refractivity contribution is 6.26. The number of aromatic nitrogens is 1. The first-order valence-electron chi connectivity index (χ1n) is 8.31. The van der Waals surface area contributed by atoms with Crippen LogP contribution in [0.3, 0.4) is 0 Å². The fraction of sp³-hybridized carbons (Fsp3) is 0.0909. The summed E-state index contributed by atoms with van der Waals surface area (Å²) in [6.07, 6.45) is 0. The van der Waals surface area contributed by atoms with Crippen molar-refractivity contribution in [3.63, 3.8) is 0 Å². The van der Waals surface area contributed by atoms with Crippen LogP contribution >= 0.6 is 0 Å². The van der Waals surface area contributed by atoms with Crippen molar-refractivity contribution in [1.29, 1.82) is 0 Å². The molecule has 0 radical (unpaired) electrons. The van der Waals surface area contributed by atoms with E-state index in [1.807, 2.05) is 36.4 Å². The summed E-state index contributed by atoms with van der Waals surface area (Å²) in [7, 11) is 0. The summed E-state index contributed by atoms with van der Waals surface area (Å²) < 4.78 is 0. The minimum absolute atomic E-state index is 0.190. The van der Waals surface area contributed by atoms with E-state index in [2.05, 4.69) is 24.9 Å². The van der Waals surface area contributed by atoms with E-state index >= 15 is 0 Å². The third-order valence-electron chi connectivity index (χ3n) is 5.23. The zero-order valence-corrected chi connectivity index (χ0v) is 13.9. The zero-order chi connectivity index (χ0) is 17.3. The fourth-order valence-electron chi connectivity index (χ4n) is 4.06. The van der Waals surface area contributed by atoms with Crippen LogP contribution in [-0.2, 0) is 0 Å². The second kappa shape index (κ2) is 4.67. The van der Waals surface area contributed by atoms with Gasteiger partial charge in [0, 0.05) is 27.4 Å². The molecule has 5 rings (SSSR count). The summed E-state index contributed by atoms with van der Waals surface area (Å²) >= 11 is 0. The number of carbonyl (C=O) groups is 1. The molecule has 1 heterocycles. The number of aryl methyl sites for hydroxylation is 2. The molecular weight excluding hydrogens is 310 g/mol. The molecule has 0 saturated heterocycles. The van der Waals surface area contributed by atoms with Crippen LogP contribution < -0.4 is 5.43 Å². The molecule has 3 aromatic carbocycles. The number of nitrogens with one attached hydrogen (secondary N) is 1. The lowest BCUT2D eigenvalue weighted by Crippen LogP contribution is -2.22. The standard InChI is InChI=1S/C22H15NO2/c1-11-7-9-14-18-15(10-8-12(2)17(11)18)22(25)19-20(14)23-16-6-4-3-5-13(16)21(19)24/h3-10H,1-2H3,(H,23,24). The summed E-state index contributed by atoms with van der Waals surface area (Å²) in [4.78, 5) is 29.5. The second-order valence-electron chi connectivity index (χ2n) is 6.69. The molecule has 1 N–H and O–H groups in total. The lowest BCUT2D eigenvalue weighted by molar-refractivity contribution is 0.103. The van der Waals surface area contributed by atoms with Crippen molar-refractivity contribution in [2.45, 2.75) is 13.8 Å². The maximum Gasteiger partial charge on any atom is 0.201 e. The highest BCUT2D eigenvalue weighted by Crippen LogP contribution is 2.40. The maximum absolute atomic E-state index is 13.2. The number of ketones is 1. The van der Waals surface area contributed by atoms with Gasteiger partial charge in [0.15, 0.2) is 5.78 Å². The van der Waals surface area contributed by atoms with E-state index in [1.54, 1.807) is 6.07 Å². The van der Waals surface area contributed by atoms with Crippen molar-refractivity contribution in [2.24, 2.45) is 0 Å². The Hall–Kier alpha value is -3.20. The van der Waals surface area contributed by atoms with E-state index in [4.69, 9.17) is 0 Å². The number of hydrogen-bond acceptors (Lipinski definition) is 2. The normalized spacial score (nSPS) is 12.6. The molecular formula is C22H15NO2. The Balaban J connectivity index is 2.06. The van der Waals surface area contributed by atoms with Gasteiger partial charge in [0.1, 0.15) is 0 Å². The SMILES string of the molecule is Cc1ccc2c3c(ccc(C)c13)-c1[nH]c3ccccc3c(=O)c1C2=O. The Morgan fingerprint density at radius 2 is 1.44 bits per heavy atom. The summed E-state index contributed by atoms with van der Waals surface area (Å²) in [6.45, 7) is 4.11. The van der Waals surface area contributed by atoms with Crippen molar-refractivity contribution < 1.29 is 4.79 Å². The number of para-hydroxylation sites is 1. The van der Waals surface area contributed by atoms with Gasteiger partial charge in [-0.05, 0) is 42.5 Å². The minimum atomic E-state index is -0.200. The van der Waals surface area contributed by atoms with Gasteiger partial charge in [0.2, 0.25) is 5.43 Å². The number of hydrogen-bond donors (Lipinski definition) is 1. The number of benzene rings is 3. The van der Waals surface area contributed by atoms with Gasteiger partial charge < -0.3 is 4.98 Å². The minimum Gasteiger partial charge on any atom is -0.354 e. The molecule has 3 nitrogen and oxygen atoms in total. The van der Waals surface area contributed by atoms with E-state index in [-0.39, 0.29) is 16.8 Å². The summed E-state index contributed by atoms with van der Waals surface area (Å²) in [5.74, 6) is -0.190. The zero-order valence-electron chi connectivity index (χ0n) is 13.9. The van der Waals surface area contributed by atoms with Crippen LogP contribution in [0.25, 0.3) is 32.9 Å². The molecule has 1 aliphatic carbocycles. The molecule has 0 bridgehead atoms. The maximum atomic E-state index is 13.2. The predicted molar refractivity (Wildman–Crippen MR) is 100 cm³/mol. The van der Waals surface area contributed by atoms with Gasteiger partial charge in [-0.15, -0.1) is 0 Å². The Morgan fingerprint density at radius 3 is 2.20 bits per heavy atom. The molecule has 120 valence electrons. The molecule has 0 spiro atoms. The van der Waals surface area contributed by atoms with Crippen molar-refractivity contribution >= 4 is 27.5 Å². The highest BCUT2D eigenvalue weighted by atomic mass is 16.1. The summed E-state index contributed by atoms with van der Waals surface area (Å²) in [5, 5.41) is 2.60. The van der Waals surface area contributed by atoms with Crippen molar-refractivity contribution in [1.82, 2.24) is 4.98 Å². The molecule has 0 aliphatic heterocycles. The van der Waals surface area contributed by atoms with E-state index in [0.29, 0.717) is 16.6 Å². The van der Waals surface area contributed by atoms with Gasteiger partial charge in [-0.2, -0.15) is 0 Å². The van der Waals surface area contributed by atoms with Crippen LogP contribution in [-0.4, -0.2) is 10.8 Å². The van der Waals surface area contributed by atoms with Gasteiger partial charge in [-0.25, -0.2) is 0 Å². The van der Waals surface area contributed by atoms with Crippen molar-refractivity contribution in [2.75, 3.05) is 0 Å². The Bertz CT molecular complexity index is 1290. The molecule has 0 atom stereocenters. The first kappa shape index (κ1) is 14.2. The molecule has 4 aromatic rings. The van der Waals surface area contributed by atoms with E-state index in [0.717, 1.165) is 33.0 Å². The van der Waals surface area contributed by atoms with Gasteiger partial charge in [-0.3, -0.25) is 9.59 Å². The summed E-state index contributed by atoms with van der Waals surface area (Å²) in [6, 6.07) is 15.2. The quantitative estimate of drug-likeness (QED) is 0.455. The predicted octanol–water partition coefficient (Wildman–Crippen LogP) is 4.51. The number of rotatable bonds is 0. The topological polar surface area (TPSA) is 49.9 Å². The van der Waals surface area contributed by atoms with Crippen LogP contribution in [0.4, 0.5) is 0 Å². The fourth-order valence-corrected chi connectivity index (χ4v) is 4.06. The molecule has 1 aromatic heterocycles. The van der Waals surface area contributed by atoms with Crippen LogP contribution in [0.2, 0.25) is 0 Å². The largest absolute Gasteiger partial charge is 0.354 e. The third-order valence-corrected chi connectivity index (χ3v) is 5.23. The third kappa shape index (κ3) is 1.70. The van der Waals surface area contributed by atoms with Gasteiger partial charge in [-0.1, -0.05) is 36.4 Å². The Kier molecular flexibility index (Phi) is 2.65. The molecule has 3 heteroatoms. The van der Waals surface area contributed by atoms with E-state index in [1.165, 1.54) is 0 Å². The van der Waals surface area contributed by atoms with Crippen LogP contribution in [0.5, 0.6) is 0 Å². The van der Waals surface area contributed by atoms with Crippen LogP contribution in [0.15, 0.2) is 53.3 Å². The smallest absolute Gasteiger partial charge is 0.201 e. The van der Waals surface area contributed by atoms with E-state index < -0.39 is 0 Å². The number of fused-ring (bicyclic) bond motifs is 3. The first-order valence-corrected chi connectivity index (χ1v) is 8.31. The lowest BCUT2D eigenvalue weighted by Gasteiger charge is -2.22. The molecule has 0 unspecified atom stereocenters. The first-order chi connectivity index (χ1) is 12.1. The summed E-state index contributed by atoms with van der Waals surface area (Å²) in [5.41, 5.74) is 5.26. The molecule has 0 amide bonds. The van der Waals surface area contributed by atoms with Crippen molar-refractivity contribution in [3.05, 3.63) is 81.0 Å². The Morgan fingerprint density at radius 1 is 0.760 bits per heavy atom. The number of H-pyrrole nitrogens is 1. The van der Waals surface area contributed by atoms with Crippen molar-refractivity contribution in [3.8, 4) is 11.3 Å². The van der Waals surface area contributed by atoms with Crippen LogP contribution in [0, 0.1) is 13.8 Å². The van der Waals surface area contributed by atoms with Gasteiger partial charge >= 0.3 is 0 Å². The van der Waals surface area contributed by atoms with E-state index in [9.17, 15) is 9.59 Å². The van der Waals surface area contributed by atoms with Gasteiger partial charge in [0.05, 0.1) is 11.3 Å². The number of aromatic amines is 1. The van der Waals surface area contributed by atoms with Crippen LogP contribution in [0.1, 0.15) is 27.0 Å². The van der Waals surface area contributed by atoms with Gasteiger partial charge in [0.25, 0.3) is 0 Å². The molecule has 0 fully saturated rings. The average Bonchev–Trinajstić information content (AvgIpc) is 2.61. The molecule has 1 aliphatic rings. The Labute approximate surface area is 143 Å². The monoisotopic (exact) mass is 325 g/mol.